The number of hydrogen-bond donors (Lipinski definition) is 0. The number of aryl methyl sites for hydroxylation is 1. The van der Waals surface area contributed by atoms with Gasteiger partial charge in [0.25, 0.3) is 0 Å². The summed E-state index contributed by atoms with van der Waals surface area (Å²) in [6, 6.07) is 24.6. The molecule has 3 aromatic rings. The molecule has 0 heterocycles. The molecule has 0 N–H and O–H groups in total. The van der Waals surface area contributed by atoms with Crippen molar-refractivity contribution in [2.45, 2.75) is 58.8 Å². The molecule has 0 atom stereocenters. The first-order valence-electron chi connectivity index (χ1n) is 11.6. The Hall–Kier alpha value is -2.54. The van der Waals surface area contributed by atoms with Gasteiger partial charge < -0.3 is 4.74 Å². The minimum Gasteiger partial charge on any atom is -0.494 e. The van der Waals surface area contributed by atoms with Crippen LogP contribution in [0.2, 0.25) is 0 Å². The lowest BCUT2D eigenvalue weighted by Crippen LogP contribution is -2.10. The van der Waals surface area contributed by atoms with Crippen LogP contribution in [-0.4, -0.2) is 6.61 Å². The van der Waals surface area contributed by atoms with Crippen molar-refractivity contribution in [3.63, 3.8) is 0 Å². The van der Waals surface area contributed by atoms with E-state index in [0.717, 1.165) is 30.6 Å². The molecule has 1 fully saturated rings. The van der Waals surface area contributed by atoms with Gasteiger partial charge in [-0.1, -0.05) is 81.3 Å². The summed E-state index contributed by atoms with van der Waals surface area (Å²) in [6.07, 6.45) is 6.47. The molecule has 0 bridgehead atoms. The van der Waals surface area contributed by atoms with Crippen LogP contribution in [0.4, 0.5) is 0 Å². The molecule has 0 aromatic heterocycles. The third kappa shape index (κ3) is 4.78. The van der Waals surface area contributed by atoms with Crippen molar-refractivity contribution in [2.75, 3.05) is 6.61 Å². The Bertz CT molecular complexity index is 945. The largest absolute Gasteiger partial charge is 0.494 e. The molecule has 0 unspecified atom stereocenters. The summed E-state index contributed by atoms with van der Waals surface area (Å²) in [6.45, 7) is 7.49. The Morgan fingerprint density at radius 3 is 2.03 bits per heavy atom. The van der Waals surface area contributed by atoms with Crippen LogP contribution in [0.15, 0.2) is 66.7 Å². The fourth-order valence-corrected chi connectivity index (χ4v) is 4.66. The molecule has 156 valence electrons. The molecule has 1 aliphatic rings. The standard InChI is InChI=1S/C29H34O/c1-4-19-30-28-16-13-26(14-17-28)29-18-15-27(20-22(29)3)25-11-9-24(10-12-25)23-7-5-21(2)6-8-23/h9-18,20-21,23H,4-8,19H2,1-3H3. The van der Waals surface area contributed by atoms with Gasteiger partial charge in [0.15, 0.2) is 0 Å². The predicted molar refractivity (Wildman–Crippen MR) is 128 cm³/mol. The molecule has 0 aliphatic heterocycles. The number of hydrogen-bond acceptors (Lipinski definition) is 1. The highest BCUT2D eigenvalue weighted by Gasteiger charge is 2.19. The maximum Gasteiger partial charge on any atom is 0.119 e. The summed E-state index contributed by atoms with van der Waals surface area (Å²) in [7, 11) is 0. The van der Waals surface area contributed by atoms with Crippen molar-refractivity contribution in [2.24, 2.45) is 5.92 Å². The van der Waals surface area contributed by atoms with Gasteiger partial charge in [0, 0.05) is 0 Å². The zero-order chi connectivity index (χ0) is 20.9. The van der Waals surface area contributed by atoms with Gasteiger partial charge in [-0.25, -0.2) is 0 Å². The molecule has 1 nitrogen and oxygen atoms in total. The fraction of sp³-hybridized carbons (Fsp3) is 0.379. The van der Waals surface area contributed by atoms with Gasteiger partial charge in [0.05, 0.1) is 6.61 Å². The van der Waals surface area contributed by atoms with E-state index in [-0.39, 0.29) is 0 Å². The molecular weight excluding hydrogens is 364 g/mol. The third-order valence-electron chi connectivity index (χ3n) is 6.60. The molecule has 0 amide bonds. The number of benzene rings is 3. The van der Waals surface area contributed by atoms with Crippen LogP contribution in [0.5, 0.6) is 5.75 Å². The minimum absolute atomic E-state index is 0.753. The topological polar surface area (TPSA) is 9.23 Å². The van der Waals surface area contributed by atoms with Crippen LogP contribution in [0.3, 0.4) is 0 Å². The zero-order valence-electron chi connectivity index (χ0n) is 18.7. The van der Waals surface area contributed by atoms with Crippen LogP contribution >= 0.6 is 0 Å². The number of rotatable bonds is 6. The first-order chi connectivity index (χ1) is 14.6. The minimum atomic E-state index is 0.753. The molecule has 3 aromatic carbocycles. The maximum absolute atomic E-state index is 5.71. The summed E-state index contributed by atoms with van der Waals surface area (Å²) >= 11 is 0. The molecule has 0 spiro atoms. The highest BCUT2D eigenvalue weighted by Crippen LogP contribution is 2.36. The van der Waals surface area contributed by atoms with Crippen molar-refractivity contribution in [3.05, 3.63) is 77.9 Å². The summed E-state index contributed by atoms with van der Waals surface area (Å²) in [5.74, 6) is 2.60. The monoisotopic (exact) mass is 398 g/mol. The summed E-state index contributed by atoms with van der Waals surface area (Å²) in [5.41, 5.74) is 7.95. The highest BCUT2D eigenvalue weighted by atomic mass is 16.5. The molecule has 1 heteroatoms. The van der Waals surface area contributed by atoms with E-state index in [4.69, 9.17) is 4.74 Å². The molecular formula is C29H34O. The second-order valence-electron chi connectivity index (χ2n) is 8.98. The van der Waals surface area contributed by atoms with Crippen LogP contribution < -0.4 is 4.74 Å². The molecule has 0 saturated heterocycles. The average molecular weight is 399 g/mol. The van der Waals surface area contributed by atoms with Gasteiger partial charge in [-0.3, -0.25) is 0 Å². The van der Waals surface area contributed by atoms with Crippen molar-refractivity contribution in [3.8, 4) is 28.0 Å². The van der Waals surface area contributed by atoms with Gasteiger partial charge in [-0.15, -0.1) is 0 Å². The maximum atomic E-state index is 5.71. The van der Waals surface area contributed by atoms with E-state index in [1.165, 1.54) is 59.1 Å². The van der Waals surface area contributed by atoms with E-state index in [9.17, 15) is 0 Å². The average Bonchev–Trinajstić information content (AvgIpc) is 2.79. The second-order valence-corrected chi connectivity index (χ2v) is 8.98. The van der Waals surface area contributed by atoms with E-state index in [0.29, 0.717) is 0 Å². The lowest BCUT2D eigenvalue weighted by atomic mass is 9.79. The third-order valence-corrected chi connectivity index (χ3v) is 6.60. The van der Waals surface area contributed by atoms with Crippen molar-refractivity contribution in [1.82, 2.24) is 0 Å². The van der Waals surface area contributed by atoms with Crippen LogP contribution in [0, 0.1) is 12.8 Å². The molecule has 0 radical (unpaired) electrons. The zero-order valence-corrected chi connectivity index (χ0v) is 18.7. The first kappa shape index (κ1) is 20.7. The Labute approximate surface area is 182 Å². The lowest BCUT2D eigenvalue weighted by Gasteiger charge is -2.26. The first-order valence-corrected chi connectivity index (χ1v) is 11.6. The lowest BCUT2D eigenvalue weighted by molar-refractivity contribution is 0.317. The molecule has 4 rings (SSSR count). The van der Waals surface area contributed by atoms with Crippen molar-refractivity contribution in [1.29, 1.82) is 0 Å². The molecule has 1 saturated carbocycles. The summed E-state index contributed by atoms with van der Waals surface area (Å²) in [4.78, 5) is 0. The van der Waals surface area contributed by atoms with Crippen LogP contribution in [-0.2, 0) is 0 Å². The normalized spacial score (nSPS) is 18.9. The van der Waals surface area contributed by atoms with Gasteiger partial charge >= 0.3 is 0 Å². The Balaban J connectivity index is 1.49. The van der Waals surface area contributed by atoms with Gasteiger partial charge in [-0.05, 0) is 83.5 Å². The van der Waals surface area contributed by atoms with E-state index in [1.807, 2.05) is 0 Å². The Morgan fingerprint density at radius 1 is 0.767 bits per heavy atom. The number of ether oxygens (including phenoxy) is 1. The van der Waals surface area contributed by atoms with E-state index < -0.39 is 0 Å². The quantitative estimate of drug-likeness (QED) is 0.405. The van der Waals surface area contributed by atoms with Crippen molar-refractivity contribution < 1.29 is 4.74 Å². The predicted octanol–water partition coefficient (Wildman–Crippen LogP) is 8.41. The van der Waals surface area contributed by atoms with E-state index in [1.54, 1.807) is 0 Å². The second kappa shape index (κ2) is 9.51. The fourth-order valence-electron chi connectivity index (χ4n) is 4.66. The Morgan fingerprint density at radius 2 is 1.40 bits per heavy atom. The van der Waals surface area contributed by atoms with Gasteiger partial charge in [0.2, 0.25) is 0 Å². The van der Waals surface area contributed by atoms with E-state index in [2.05, 4.69) is 87.5 Å². The molecule has 30 heavy (non-hydrogen) atoms. The SMILES string of the molecule is CCCOc1ccc(-c2ccc(-c3ccc(C4CCC(C)CC4)cc3)cc2C)cc1. The summed E-state index contributed by atoms with van der Waals surface area (Å²) in [5, 5.41) is 0. The Kier molecular flexibility index (Phi) is 6.57. The smallest absolute Gasteiger partial charge is 0.119 e. The van der Waals surface area contributed by atoms with E-state index >= 15 is 0 Å². The van der Waals surface area contributed by atoms with Crippen LogP contribution in [0.25, 0.3) is 22.3 Å². The van der Waals surface area contributed by atoms with Gasteiger partial charge in [-0.2, -0.15) is 0 Å². The molecule has 1 aliphatic carbocycles. The summed E-state index contributed by atoms with van der Waals surface area (Å²) < 4.78 is 5.71. The van der Waals surface area contributed by atoms with Crippen LogP contribution in [0.1, 0.15) is 63.0 Å². The van der Waals surface area contributed by atoms with Gasteiger partial charge in [0.1, 0.15) is 5.75 Å². The highest BCUT2D eigenvalue weighted by molar-refractivity contribution is 5.74. The van der Waals surface area contributed by atoms with Crippen molar-refractivity contribution >= 4 is 0 Å².